The Morgan fingerprint density at radius 1 is 1.40 bits per heavy atom. The molecule has 0 amide bonds. The first-order valence-corrected chi connectivity index (χ1v) is 5.70. The number of hydrogen-bond donors (Lipinski definition) is 1. The lowest BCUT2D eigenvalue weighted by molar-refractivity contribution is -0.137. The van der Waals surface area contributed by atoms with Gasteiger partial charge in [-0.15, -0.1) is 0 Å². The molecule has 3 heteroatoms. The molecule has 0 unspecified atom stereocenters. The van der Waals surface area contributed by atoms with Crippen LogP contribution < -0.4 is 0 Å². The van der Waals surface area contributed by atoms with Gasteiger partial charge in [-0.3, -0.25) is 0 Å². The van der Waals surface area contributed by atoms with Crippen molar-refractivity contribution in [2.75, 3.05) is 13.2 Å². The highest BCUT2D eigenvalue weighted by Crippen LogP contribution is 2.35. The molecular formula is C12H20O3. The van der Waals surface area contributed by atoms with E-state index in [-0.39, 0.29) is 12.6 Å². The number of hydrogen-bond acceptors (Lipinski definition) is 3. The largest absolute Gasteiger partial charge is 0.463 e. The fourth-order valence-corrected chi connectivity index (χ4v) is 1.45. The monoisotopic (exact) mass is 212 g/mol. The minimum atomic E-state index is -0.219. The van der Waals surface area contributed by atoms with E-state index in [0.29, 0.717) is 12.5 Å². The van der Waals surface area contributed by atoms with Crippen molar-refractivity contribution in [2.45, 2.75) is 39.0 Å². The summed E-state index contributed by atoms with van der Waals surface area (Å²) in [5.41, 5.74) is 1.15. The van der Waals surface area contributed by atoms with Crippen LogP contribution in [0.1, 0.15) is 39.0 Å². The Balaban J connectivity index is 2.05. The molecular weight excluding hydrogens is 192 g/mol. The summed E-state index contributed by atoms with van der Waals surface area (Å²) in [6, 6.07) is 0. The van der Waals surface area contributed by atoms with Crippen LogP contribution in [0.15, 0.2) is 11.6 Å². The standard InChI is InChI=1S/C12H20O3/c1-10(11-5-6-11)9-12(14)15-8-4-2-3-7-13/h9,11,13H,2-8H2,1H3/b10-9+. The van der Waals surface area contributed by atoms with E-state index in [2.05, 4.69) is 0 Å². The minimum Gasteiger partial charge on any atom is -0.463 e. The molecule has 0 heterocycles. The average molecular weight is 212 g/mol. The maximum absolute atomic E-state index is 11.3. The van der Waals surface area contributed by atoms with Gasteiger partial charge in [-0.1, -0.05) is 5.57 Å². The average Bonchev–Trinajstić information content (AvgIpc) is 3.00. The third kappa shape index (κ3) is 5.57. The number of ether oxygens (including phenoxy) is 1. The van der Waals surface area contributed by atoms with E-state index in [1.807, 2.05) is 6.92 Å². The first-order valence-electron chi connectivity index (χ1n) is 5.70. The second kappa shape index (κ2) is 6.62. The van der Waals surface area contributed by atoms with E-state index in [4.69, 9.17) is 9.84 Å². The molecule has 1 aliphatic carbocycles. The number of unbranched alkanes of at least 4 members (excludes halogenated alkanes) is 2. The number of allylic oxidation sites excluding steroid dienone is 1. The molecule has 0 aliphatic heterocycles. The first kappa shape index (κ1) is 12.2. The van der Waals surface area contributed by atoms with E-state index in [0.717, 1.165) is 24.8 Å². The Labute approximate surface area is 91.1 Å². The fraction of sp³-hybridized carbons (Fsp3) is 0.750. The van der Waals surface area contributed by atoms with E-state index in [1.54, 1.807) is 6.08 Å². The zero-order valence-corrected chi connectivity index (χ0v) is 9.37. The summed E-state index contributed by atoms with van der Waals surface area (Å²) >= 11 is 0. The Morgan fingerprint density at radius 3 is 2.73 bits per heavy atom. The van der Waals surface area contributed by atoms with Gasteiger partial charge in [-0.2, -0.15) is 0 Å². The summed E-state index contributed by atoms with van der Waals surface area (Å²) in [6.07, 6.45) is 6.58. The second-order valence-corrected chi connectivity index (χ2v) is 4.11. The number of carbonyl (C=O) groups is 1. The van der Waals surface area contributed by atoms with Gasteiger partial charge in [-0.25, -0.2) is 4.79 Å². The van der Waals surface area contributed by atoms with Crippen LogP contribution in [-0.4, -0.2) is 24.3 Å². The summed E-state index contributed by atoms with van der Waals surface area (Å²) in [4.78, 5) is 11.3. The molecule has 0 atom stereocenters. The molecule has 15 heavy (non-hydrogen) atoms. The van der Waals surface area contributed by atoms with Crippen LogP contribution in [0.25, 0.3) is 0 Å². The van der Waals surface area contributed by atoms with Gasteiger partial charge >= 0.3 is 5.97 Å². The molecule has 1 rings (SSSR count). The molecule has 0 bridgehead atoms. The molecule has 1 fully saturated rings. The molecule has 0 aromatic carbocycles. The molecule has 0 aromatic rings. The quantitative estimate of drug-likeness (QED) is 0.399. The topological polar surface area (TPSA) is 46.5 Å². The summed E-state index contributed by atoms with van der Waals surface area (Å²) in [5.74, 6) is 0.412. The Hall–Kier alpha value is -0.830. The van der Waals surface area contributed by atoms with Crippen LogP contribution in [0.3, 0.4) is 0 Å². The Kier molecular flexibility index (Phi) is 5.40. The summed E-state index contributed by atoms with van der Waals surface area (Å²) in [5, 5.41) is 8.54. The van der Waals surface area contributed by atoms with Crippen LogP contribution in [0.2, 0.25) is 0 Å². The molecule has 0 spiro atoms. The van der Waals surface area contributed by atoms with E-state index in [1.165, 1.54) is 12.8 Å². The van der Waals surface area contributed by atoms with Gasteiger partial charge < -0.3 is 9.84 Å². The molecule has 86 valence electrons. The van der Waals surface area contributed by atoms with Crippen LogP contribution in [0.4, 0.5) is 0 Å². The summed E-state index contributed by atoms with van der Waals surface area (Å²) in [7, 11) is 0. The van der Waals surface area contributed by atoms with E-state index >= 15 is 0 Å². The van der Waals surface area contributed by atoms with Crippen LogP contribution in [0, 0.1) is 5.92 Å². The number of esters is 1. The van der Waals surface area contributed by atoms with E-state index in [9.17, 15) is 4.79 Å². The van der Waals surface area contributed by atoms with Gasteiger partial charge in [0, 0.05) is 12.7 Å². The lowest BCUT2D eigenvalue weighted by atomic mass is 10.2. The van der Waals surface area contributed by atoms with Crippen molar-refractivity contribution in [2.24, 2.45) is 5.92 Å². The molecule has 0 saturated heterocycles. The summed E-state index contributed by atoms with van der Waals surface area (Å²) in [6.45, 7) is 2.67. The van der Waals surface area contributed by atoms with Gasteiger partial charge in [0.15, 0.2) is 0 Å². The van der Waals surface area contributed by atoms with Gasteiger partial charge in [-0.05, 0) is 44.9 Å². The molecule has 0 radical (unpaired) electrons. The molecule has 1 aliphatic rings. The maximum atomic E-state index is 11.3. The lowest BCUT2D eigenvalue weighted by Gasteiger charge is -2.02. The van der Waals surface area contributed by atoms with Crippen molar-refractivity contribution in [3.8, 4) is 0 Å². The van der Waals surface area contributed by atoms with Crippen LogP contribution in [-0.2, 0) is 9.53 Å². The number of rotatable bonds is 7. The summed E-state index contributed by atoms with van der Waals surface area (Å²) < 4.78 is 5.04. The lowest BCUT2D eigenvalue weighted by Crippen LogP contribution is -2.03. The van der Waals surface area contributed by atoms with Crippen LogP contribution >= 0.6 is 0 Å². The third-order valence-corrected chi connectivity index (χ3v) is 2.61. The number of aliphatic hydroxyl groups excluding tert-OH is 1. The van der Waals surface area contributed by atoms with Crippen molar-refractivity contribution in [3.63, 3.8) is 0 Å². The Bertz CT molecular complexity index is 229. The third-order valence-electron chi connectivity index (χ3n) is 2.61. The molecule has 1 N–H and O–H groups in total. The Morgan fingerprint density at radius 2 is 2.13 bits per heavy atom. The highest BCUT2D eigenvalue weighted by molar-refractivity contribution is 5.82. The van der Waals surface area contributed by atoms with Crippen LogP contribution in [0.5, 0.6) is 0 Å². The van der Waals surface area contributed by atoms with Crippen molar-refractivity contribution < 1.29 is 14.6 Å². The molecule has 3 nitrogen and oxygen atoms in total. The van der Waals surface area contributed by atoms with Gasteiger partial charge in [0.25, 0.3) is 0 Å². The predicted octanol–water partition coefficient (Wildman–Crippen LogP) is 2.05. The number of aliphatic hydroxyl groups is 1. The zero-order chi connectivity index (χ0) is 11.1. The molecule has 1 saturated carbocycles. The maximum Gasteiger partial charge on any atom is 0.330 e. The van der Waals surface area contributed by atoms with Gasteiger partial charge in [0.2, 0.25) is 0 Å². The zero-order valence-electron chi connectivity index (χ0n) is 9.37. The van der Waals surface area contributed by atoms with Crippen molar-refractivity contribution in [3.05, 3.63) is 11.6 Å². The normalized spacial score (nSPS) is 16.5. The van der Waals surface area contributed by atoms with Crippen molar-refractivity contribution in [1.82, 2.24) is 0 Å². The van der Waals surface area contributed by atoms with E-state index < -0.39 is 0 Å². The first-order chi connectivity index (χ1) is 7.24. The highest BCUT2D eigenvalue weighted by Gasteiger charge is 2.23. The van der Waals surface area contributed by atoms with Crippen molar-refractivity contribution in [1.29, 1.82) is 0 Å². The highest BCUT2D eigenvalue weighted by atomic mass is 16.5. The second-order valence-electron chi connectivity index (χ2n) is 4.11. The van der Waals surface area contributed by atoms with Gasteiger partial charge in [0.05, 0.1) is 6.61 Å². The van der Waals surface area contributed by atoms with Crippen molar-refractivity contribution >= 4 is 5.97 Å². The minimum absolute atomic E-state index is 0.217. The fourth-order valence-electron chi connectivity index (χ4n) is 1.45. The molecule has 0 aromatic heterocycles. The predicted molar refractivity (Wildman–Crippen MR) is 58.4 cm³/mol. The number of carbonyl (C=O) groups excluding carboxylic acids is 1. The smallest absolute Gasteiger partial charge is 0.330 e. The van der Waals surface area contributed by atoms with Gasteiger partial charge in [0.1, 0.15) is 0 Å². The SMILES string of the molecule is C/C(=C\C(=O)OCCCCCO)C1CC1.